The van der Waals surface area contributed by atoms with E-state index in [1.807, 2.05) is 31.2 Å². The van der Waals surface area contributed by atoms with E-state index in [4.69, 9.17) is 14.6 Å². The van der Waals surface area contributed by atoms with E-state index in [1.54, 1.807) is 23.1 Å². The monoisotopic (exact) mass is 417 g/mol. The van der Waals surface area contributed by atoms with Crippen LogP contribution in [-0.2, 0) is 20.9 Å². The third-order valence-electron chi connectivity index (χ3n) is 5.15. The predicted molar refractivity (Wildman–Crippen MR) is 108 cm³/mol. The first-order valence-electron chi connectivity index (χ1n) is 9.28. The summed E-state index contributed by atoms with van der Waals surface area (Å²) in [6, 6.07) is 7.04. The highest BCUT2D eigenvalue weighted by molar-refractivity contribution is 7.15. The van der Waals surface area contributed by atoms with Gasteiger partial charge in [0.15, 0.2) is 0 Å². The van der Waals surface area contributed by atoms with E-state index in [2.05, 4.69) is 4.98 Å². The van der Waals surface area contributed by atoms with Crippen molar-refractivity contribution in [3.8, 4) is 16.3 Å². The molecule has 2 saturated heterocycles. The number of fused-ring (bicyclic) bond motifs is 1. The molecule has 0 aliphatic carbocycles. The summed E-state index contributed by atoms with van der Waals surface area (Å²) in [5.74, 6) is 0.885. The maximum absolute atomic E-state index is 12.8. The molecule has 0 bridgehead atoms. The highest BCUT2D eigenvalue weighted by Gasteiger charge is 2.45. The summed E-state index contributed by atoms with van der Waals surface area (Å²) in [4.78, 5) is 42.7. The van der Waals surface area contributed by atoms with Crippen LogP contribution in [0.3, 0.4) is 0 Å². The van der Waals surface area contributed by atoms with Crippen LogP contribution in [0, 0.1) is 0 Å². The normalized spacial score (nSPS) is 20.8. The van der Waals surface area contributed by atoms with Gasteiger partial charge in [0.05, 0.1) is 19.2 Å². The van der Waals surface area contributed by atoms with Crippen molar-refractivity contribution in [3.63, 3.8) is 0 Å². The van der Waals surface area contributed by atoms with Crippen LogP contribution in [0.2, 0.25) is 0 Å². The van der Waals surface area contributed by atoms with Gasteiger partial charge in [0.25, 0.3) is 6.47 Å². The van der Waals surface area contributed by atoms with Crippen molar-refractivity contribution in [2.45, 2.75) is 38.4 Å². The van der Waals surface area contributed by atoms with E-state index in [0.717, 1.165) is 34.0 Å². The second kappa shape index (κ2) is 9.04. The average molecular weight is 417 g/mol. The molecule has 1 aromatic carbocycles. The lowest BCUT2D eigenvalue weighted by atomic mass is 10.1. The standard InChI is InChI=1S/C19H21N3O3S.CH2O2/c1-12-18(23)21-9-5-7-15(21)19(24)22(12)11-13-10-20-17(26-13)14-6-3-4-8-16(14)25-2;2-1-3/h3-4,6,8,10,12,15H,5,7,9,11H2,1-2H3;1H,(H,2,3)/t12-,15+;/m0./s1. The smallest absolute Gasteiger partial charge is 0.290 e. The highest BCUT2D eigenvalue weighted by atomic mass is 32.1. The molecular weight excluding hydrogens is 394 g/mol. The van der Waals surface area contributed by atoms with Crippen molar-refractivity contribution in [2.24, 2.45) is 0 Å². The van der Waals surface area contributed by atoms with Crippen LogP contribution in [-0.4, -0.2) is 63.9 Å². The maximum Gasteiger partial charge on any atom is 0.290 e. The molecule has 1 N–H and O–H groups in total. The molecule has 2 fully saturated rings. The molecule has 2 aliphatic rings. The molecule has 2 aromatic rings. The van der Waals surface area contributed by atoms with Gasteiger partial charge in [-0.1, -0.05) is 12.1 Å². The Morgan fingerprint density at radius 2 is 2.03 bits per heavy atom. The lowest BCUT2D eigenvalue weighted by Gasteiger charge is -2.40. The van der Waals surface area contributed by atoms with Crippen LogP contribution in [0.5, 0.6) is 5.75 Å². The summed E-state index contributed by atoms with van der Waals surface area (Å²) in [5, 5.41) is 7.74. The molecule has 0 spiro atoms. The van der Waals surface area contributed by atoms with Crippen molar-refractivity contribution in [3.05, 3.63) is 35.3 Å². The Morgan fingerprint density at radius 1 is 1.31 bits per heavy atom. The fourth-order valence-corrected chi connectivity index (χ4v) is 4.69. The van der Waals surface area contributed by atoms with Crippen LogP contribution >= 0.6 is 11.3 Å². The molecule has 8 nitrogen and oxygen atoms in total. The van der Waals surface area contributed by atoms with Gasteiger partial charge >= 0.3 is 0 Å². The highest BCUT2D eigenvalue weighted by Crippen LogP contribution is 2.34. The molecule has 154 valence electrons. The number of para-hydroxylation sites is 1. The molecule has 4 rings (SSSR count). The number of methoxy groups -OCH3 is 1. The van der Waals surface area contributed by atoms with Gasteiger partial charge in [-0.15, -0.1) is 11.3 Å². The number of ether oxygens (including phenoxy) is 1. The van der Waals surface area contributed by atoms with Crippen molar-refractivity contribution >= 4 is 29.6 Å². The fourth-order valence-electron chi connectivity index (χ4n) is 3.75. The summed E-state index contributed by atoms with van der Waals surface area (Å²) in [6.07, 6.45) is 3.46. The number of piperazine rings is 1. The predicted octanol–water partition coefficient (Wildman–Crippen LogP) is 2.24. The fraction of sp³-hybridized carbons (Fsp3) is 0.400. The van der Waals surface area contributed by atoms with E-state index >= 15 is 0 Å². The number of carbonyl (C=O) groups is 3. The topological polar surface area (TPSA) is 100 Å². The van der Waals surface area contributed by atoms with Gasteiger partial charge in [-0.05, 0) is 31.9 Å². The number of aromatic nitrogens is 1. The number of carbonyl (C=O) groups excluding carboxylic acids is 2. The number of hydrogen-bond acceptors (Lipinski definition) is 6. The number of benzene rings is 1. The van der Waals surface area contributed by atoms with E-state index in [-0.39, 0.29) is 24.3 Å². The van der Waals surface area contributed by atoms with Gasteiger partial charge < -0.3 is 19.6 Å². The Hall–Kier alpha value is -2.94. The minimum absolute atomic E-state index is 0.0570. The SMILES string of the molecule is COc1ccccc1-c1ncc(CN2C(=O)[C@H]3CCCN3C(=O)[C@@H]2C)s1.O=CO. The molecule has 0 radical (unpaired) electrons. The van der Waals surface area contributed by atoms with Gasteiger partial charge in [0, 0.05) is 17.6 Å². The van der Waals surface area contributed by atoms with Gasteiger partial charge in [-0.3, -0.25) is 14.4 Å². The van der Waals surface area contributed by atoms with Crippen molar-refractivity contribution < 1.29 is 24.2 Å². The van der Waals surface area contributed by atoms with Gasteiger partial charge in [-0.25, -0.2) is 4.98 Å². The largest absolute Gasteiger partial charge is 0.496 e. The Labute approximate surface area is 172 Å². The van der Waals surface area contributed by atoms with Crippen LogP contribution in [0.15, 0.2) is 30.5 Å². The van der Waals surface area contributed by atoms with Crippen LogP contribution < -0.4 is 4.74 Å². The third-order valence-corrected chi connectivity index (χ3v) is 6.16. The van der Waals surface area contributed by atoms with Crippen molar-refractivity contribution in [1.82, 2.24) is 14.8 Å². The Bertz CT molecular complexity index is 900. The summed E-state index contributed by atoms with van der Waals surface area (Å²) in [6.45, 7) is 2.69. The average Bonchev–Trinajstić information content (AvgIpc) is 3.40. The number of rotatable bonds is 4. The second-order valence-corrected chi connectivity index (χ2v) is 7.88. The van der Waals surface area contributed by atoms with Crippen LogP contribution in [0.25, 0.3) is 10.6 Å². The Morgan fingerprint density at radius 3 is 2.76 bits per heavy atom. The first kappa shape index (κ1) is 20.8. The number of hydrogen-bond donors (Lipinski definition) is 1. The zero-order chi connectivity index (χ0) is 21.0. The van der Waals surface area contributed by atoms with Gasteiger partial charge in [0.2, 0.25) is 11.8 Å². The summed E-state index contributed by atoms with van der Waals surface area (Å²) < 4.78 is 5.41. The second-order valence-electron chi connectivity index (χ2n) is 6.77. The Kier molecular flexibility index (Phi) is 6.48. The first-order valence-corrected chi connectivity index (χ1v) is 10.1. The van der Waals surface area contributed by atoms with E-state index in [1.165, 1.54) is 11.3 Å². The van der Waals surface area contributed by atoms with E-state index < -0.39 is 6.04 Å². The molecule has 0 unspecified atom stereocenters. The first-order chi connectivity index (χ1) is 14.0. The molecule has 3 heterocycles. The number of thiazole rings is 1. The quantitative estimate of drug-likeness (QED) is 0.766. The molecule has 0 saturated carbocycles. The van der Waals surface area contributed by atoms with E-state index in [9.17, 15) is 9.59 Å². The maximum atomic E-state index is 12.8. The van der Waals surface area contributed by atoms with Gasteiger partial charge in [-0.2, -0.15) is 0 Å². The minimum atomic E-state index is -0.423. The summed E-state index contributed by atoms with van der Waals surface area (Å²) in [5.41, 5.74) is 0.933. The van der Waals surface area contributed by atoms with Gasteiger partial charge in [0.1, 0.15) is 22.8 Å². The lowest BCUT2D eigenvalue weighted by Crippen LogP contribution is -2.61. The summed E-state index contributed by atoms with van der Waals surface area (Å²) in [7, 11) is 1.64. The molecule has 1 aromatic heterocycles. The molecule has 2 amide bonds. The van der Waals surface area contributed by atoms with Crippen molar-refractivity contribution in [1.29, 1.82) is 0 Å². The lowest BCUT2D eigenvalue weighted by molar-refractivity contribution is -0.159. The number of carboxylic acid groups (broad SMARTS) is 1. The minimum Gasteiger partial charge on any atom is -0.496 e. The molecular formula is C20H23N3O5S. The number of amides is 2. The molecule has 2 aliphatic heterocycles. The number of nitrogens with zero attached hydrogens (tertiary/aromatic N) is 3. The molecule has 29 heavy (non-hydrogen) atoms. The zero-order valence-electron chi connectivity index (χ0n) is 16.3. The molecule has 9 heteroatoms. The van der Waals surface area contributed by atoms with Crippen LogP contribution in [0.4, 0.5) is 0 Å². The van der Waals surface area contributed by atoms with Crippen LogP contribution in [0.1, 0.15) is 24.6 Å². The Balaban J connectivity index is 0.000000755. The summed E-state index contributed by atoms with van der Waals surface area (Å²) >= 11 is 1.53. The third kappa shape index (κ3) is 4.09. The van der Waals surface area contributed by atoms with E-state index in [0.29, 0.717) is 13.1 Å². The molecule has 2 atom stereocenters. The zero-order valence-corrected chi connectivity index (χ0v) is 17.1. The van der Waals surface area contributed by atoms with Crippen molar-refractivity contribution in [2.75, 3.05) is 13.7 Å².